The van der Waals surface area contributed by atoms with E-state index < -0.39 is 0 Å². The summed E-state index contributed by atoms with van der Waals surface area (Å²) >= 11 is 0. The molecule has 0 saturated carbocycles. The SMILES string of the molecule is CCNC(C)C(C)N1CC(C)C(N(C)C)C1. The summed E-state index contributed by atoms with van der Waals surface area (Å²) in [6.07, 6.45) is 0. The number of rotatable bonds is 5. The van der Waals surface area contributed by atoms with E-state index in [1.807, 2.05) is 0 Å². The summed E-state index contributed by atoms with van der Waals surface area (Å²) in [6.45, 7) is 12.7. The van der Waals surface area contributed by atoms with Gasteiger partial charge in [0, 0.05) is 31.2 Å². The van der Waals surface area contributed by atoms with Crippen molar-refractivity contribution in [3.63, 3.8) is 0 Å². The lowest BCUT2D eigenvalue weighted by Crippen LogP contribution is -2.46. The molecule has 3 nitrogen and oxygen atoms in total. The first-order valence-corrected chi connectivity index (χ1v) is 6.61. The van der Waals surface area contributed by atoms with Crippen molar-refractivity contribution >= 4 is 0 Å². The maximum absolute atomic E-state index is 3.53. The molecule has 0 bridgehead atoms. The van der Waals surface area contributed by atoms with Gasteiger partial charge >= 0.3 is 0 Å². The van der Waals surface area contributed by atoms with Crippen LogP contribution in [0.5, 0.6) is 0 Å². The van der Waals surface area contributed by atoms with Gasteiger partial charge in [0.15, 0.2) is 0 Å². The van der Waals surface area contributed by atoms with E-state index >= 15 is 0 Å². The number of likely N-dealkylation sites (N-methyl/N-ethyl adjacent to an activating group) is 2. The minimum absolute atomic E-state index is 0.582. The largest absolute Gasteiger partial charge is 0.313 e. The maximum Gasteiger partial charge on any atom is 0.0254 e. The van der Waals surface area contributed by atoms with Gasteiger partial charge in [0.05, 0.1) is 0 Å². The summed E-state index contributed by atoms with van der Waals surface area (Å²) in [4.78, 5) is 5.00. The monoisotopic (exact) mass is 227 g/mol. The molecule has 1 aliphatic rings. The first kappa shape index (κ1) is 13.9. The number of nitrogens with zero attached hydrogens (tertiary/aromatic N) is 2. The van der Waals surface area contributed by atoms with E-state index in [9.17, 15) is 0 Å². The molecule has 4 unspecified atom stereocenters. The van der Waals surface area contributed by atoms with Crippen molar-refractivity contribution in [3.05, 3.63) is 0 Å². The predicted molar refractivity (Wildman–Crippen MR) is 70.8 cm³/mol. The van der Waals surface area contributed by atoms with Crippen LogP contribution >= 0.6 is 0 Å². The van der Waals surface area contributed by atoms with Crippen LogP contribution in [0.25, 0.3) is 0 Å². The zero-order chi connectivity index (χ0) is 12.3. The predicted octanol–water partition coefficient (Wildman–Crippen LogP) is 1.25. The highest BCUT2D eigenvalue weighted by Crippen LogP contribution is 2.22. The smallest absolute Gasteiger partial charge is 0.0254 e. The fraction of sp³-hybridized carbons (Fsp3) is 1.00. The highest BCUT2D eigenvalue weighted by molar-refractivity contribution is 4.91. The fourth-order valence-corrected chi connectivity index (χ4v) is 2.80. The van der Waals surface area contributed by atoms with Crippen LogP contribution in [0.15, 0.2) is 0 Å². The second kappa shape index (κ2) is 5.99. The zero-order valence-corrected chi connectivity index (χ0v) is 11.8. The lowest BCUT2D eigenvalue weighted by atomic mass is 10.1. The van der Waals surface area contributed by atoms with E-state index in [-0.39, 0.29) is 0 Å². The Kier molecular flexibility index (Phi) is 5.22. The van der Waals surface area contributed by atoms with Crippen LogP contribution in [0.2, 0.25) is 0 Å². The molecule has 1 saturated heterocycles. The van der Waals surface area contributed by atoms with Crippen molar-refractivity contribution < 1.29 is 0 Å². The van der Waals surface area contributed by atoms with Crippen molar-refractivity contribution in [2.24, 2.45) is 5.92 Å². The quantitative estimate of drug-likeness (QED) is 0.763. The van der Waals surface area contributed by atoms with Crippen molar-refractivity contribution in [1.82, 2.24) is 15.1 Å². The Morgan fingerprint density at radius 2 is 1.94 bits per heavy atom. The lowest BCUT2D eigenvalue weighted by Gasteiger charge is -2.30. The summed E-state index contributed by atoms with van der Waals surface area (Å²) in [5, 5.41) is 3.53. The molecule has 0 aliphatic carbocycles. The van der Waals surface area contributed by atoms with E-state index in [2.05, 4.69) is 56.9 Å². The van der Waals surface area contributed by atoms with Crippen LogP contribution in [0, 0.1) is 5.92 Å². The Labute approximate surface area is 101 Å². The van der Waals surface area contributed by atoms with Crippen LogP contribution in [0.4, 0.5) is 0 Å². The van der Waals surface area contributed by atoms with Crippen molar-refractivity contribution in [3.8, 4) is 0 Å². The lowest BCUT2D eigenvalue weighted by molar-refractivity contribution is 0.195. The molecular weight excluding hydrogens is 198 g/mol. The van der Waals surface area contributed by atoms with Gasteiger partial charge in [-0.2, -0.15) is 0 Å². The third-order valence-corrected chi connectivity index (χ3v) is 4.09. The van der Waals surface area contributed by atoms with Crippen LogP contribution < -0.4 is 5.32 Å². The molecule has 0 aromatic carbocycles. The topological polar surface area (TPSA) is 18.5 Å². The molecule has 1 fully saturated rings. The van der Waals surface area contributed by atoms with Gasteiger partial charge in [-0.1, -0.05) is 13.8 Å². The first-order chi connectivity index (χ1) is 7.47. The van der Waals surface area contributed by atoms with Crippen molar-refractivity contribution in [2.45, 2.75) is 45.8 Å². The van der Waals surface area contributed by atoms with Gasteiger partial charge in [0.2, 0.25) is 0 Å². The Morgan fingerprint density at radius 3 is 2.38 bits per heavy atom. The standard InChI is InChI=1S/C13H29N3/c1-7-14-11(3)12(4)16-8-10(2)13(9-16)15(5)6/h10-14H,7-9H2,1-6H3. The fourth-order valence-electron chi connectivity index (χ4n) is 2.80. The summed E-state index contributed by atoms with van der Waals surface area (Å²) < 4.78 is 0. The van der Waals surface area contributed by atoms with Gasteiger partial charge in [0.25, 0.3) is 0 Å². The molecule has 1 heterocycles. The minimum atomic E-state index is 0.582. The van der Waals surface area contributed by atoms with Gasteiger partial charge in [-0.3, -0.25) is 4.90 Å². The number of likely N-dealkylation sites (tertiary alicyclic amines) is 1. The molecule has 3 heteroatoms. The summed E-state index contributed by atoms with van der Waals surface area (Å²) in [7, 11) is 4.39. The van der Waals surface area contributed by atoms with Gasteiger partial charge in [-0.05, 0) is 40.4 Å². The van der Waals surface area contributed by atoms with Crippen molar-refractivity contribution in [2.75, 3.05) is 33.7 Å². The number of hydrogen-bond donors (Lipinski definition) is 1. The molecule has 0 spiro atoms. The summed E-state index contributed by atoms with van der Waals surface area (Å²) in [5.41, 5.74) is 0. The molecule has 16 heavy (non-hydrogen) atoms. The van der Waals surface area contributed by atoms with Gasteiger partial charge in [-0.15, -0.1) is 0 Å². The minimum Gasteiger partial charge on any atom is -0.313 e. The van der Waals surface area contributed by atoms with E-state index in [0.29, 0.717) is 12.1 Å². The van der Waals surface area contributed by atoms with E-state index in [4.69, 9.17) is 0 Å². The average Bonchev–Trinajstić information content (AvgIpc) is 2.59. The molecule has 0 aromatic heterocycles. The summed E-state index contributed by atoms with van der Waals surface area (Å²) in [5.74, 6) is 0.784. The Bertz CT molecular complexity index is 205. The van der Waals surface area contributed by atoms with Crippen LogP contribution in [0.3, 0.4) is 0 Å². The molecule has 1 rings (SSSR count). The molecule has 0 aromatic rings. The molecule has 96 valence electrons. The van der Waals surface area contributed by atoms with Gasteiger partial charge in [-0.25, -0.2) is 0 Å². The first-order valence-electron chi connectivity index (χ1n) is 6.61. The van der Waals surface area contributed by atoms with Gasteiger partial charge in [0.1, 0.15) is 0 Å². The summed E-state index contributed by atoms with van der Waals surface area (Å²) in [6, 6.07) is 1.93. The Hall–Kier alpha value is -0.120. The van der Waals surface area contributed by atoms with Crippen LogP contribution in [-0.2, 0) is 0 Å². The van der Waals surface area contributed by atoms with Crippen LogP contribution in [-0.4, -0.2) is 61.7 Å². The van der Waals surface area contributed by atoms with Gasteiger partial charge < -0.3 is 10.2 Å². The third-order valence-electron chi connectivity index (χ3n) is 4.09. The average molecular weight is 227 g/mol. The second-order valence-corrected chi connectivity index (χ2v) is 5.55. The molecule has 4 atom stereocenters. The Morgan fingerprint density at radius 1 is 1.31 bits per heavy atom. The number of hydrogen-bond acceptors (Lipinski definition) is 3. The molecule has 0 amide bonds. The zero-order valence-electron chi connectivity index (χ0n) is 11.8. The molecule has 1 N–H and O–H groups in total. The molecule has 1 aliphatic heterocycles. The highest BCUT2D eigenvalue weighted by atomic mass is 15.3. The third kappa shape index (κ3) is 3.19. The number of nitrogens with one attached hydrogen (secondary N) is 1. The molecular formula is C13H29N3. The van der Waals surface area contributed by atoms with Crippen molar-refractivity contribution in [1.29, 1.82) is 0 Å². The Balaban J connectivity index is 2.50. The molecule has 0 radical (unpaired) electrons. The van der Waals surface area contributed by atoms with E-state index in [0.717, 1.165) is 18.5 Å². The normalized spacial score (nSPS) is 30.9. The van der Waals surface area contributed by atoms with Crippen LogP contribution in [0.1, 0.15) is 27.7 Å². The van der Waals surface area contributed by atoms with E-state index in [1.165, 1.54) is 13.1 Å². The highest BCUT2D eigenvalue weighted by Gasteiger charge is 2.34. The second-order valence-electron chi connectivity index (χ2n) is 5.55. The maximum atomic E-state index is 3.53. The van der Waals surface area contributed by atoms with E-state index in [1.54, 1.807) is 0 Å².